The molecule has 0 bridgehead atoms. The van der Waals surface area contributed by atoms with Crippen LogP contribution in [0.5, 0.6) is 0 Å². The zero-order chi connectivity index (χ0) is 18.9. The largest absolute Gasteiger partial charge is 0.374 e. The monoisotopic (exact) mass is 421 g/mol. The SMILES string of the molecule is CS(=O)(=O)OCC[C@H]1OCCN(C(=O)C2CC2)C1c1ccc(Cl)c(Cl)c1. The second-order valence-corrected chi connectivity index (χ2v) is 9.11. The Morgan fingerprint density at radius 3 is 2.65 bits per heavy atom. The fourth-order valence-corrected chi connectivity index (χ4v) is 3.90. The third-order valence-electron chi connectivity index (χ3n) is 4.55. The number of carbonyl (C=O) groups is 1. The molecule has 9 heteroatoms. The molecule has 1 aliphatic heterocycles. The summed E-state index contributed by atoms with van der Waals surface area (Å²) in [5.74, 6) is 0.185. The highest BCUT2D eigenvalue weighted by molar-refractivity contribution is 7.85. The summed E-state index contributed by atoms with van der Waals surface area (Å²) in [6.07, 6.45) is 2.78. The lowest BCUT2D eigenvalue weighted by Gasteiger charge is -2.42. The Morgan fingerprint density at radius 2 is 2.04 bits per heavy atom. The summed E-state index contributed by atoms with van der Waals surface area (Å²) >= 11 is 12.2. The van der Waals surface area contributed by atoms with E-state index in [2.05, 4.69) is 0 Å². The van der Waals surface area contributed by atoms with Gasteiger partial charge in [-0.2, -0.15) is 8.42 Å². The molecule has 1 aromatic rings. The fraction of sp³-hybridized carbons (Fsp3) is 0.588. The van der Waals surface area contributed by atoms with Crippen molar-refractivity contribution in [3.63, 3.8) is 0 Å². The van der Waals surface area contributed by atoms with Gasteiger partial charge in [-0.3, -0.25) is 8.98 Å². The van der Waals surface area contributed by atoms with Crippen LogP contribution in [-0.2, 0) is 23.8 Å². The molecule has 1 aromatic carbocycles. The number of benzene rings is 1. The average Bonchev–Trinajstić information content (AvgIpc) is 3.40. The van der Waals surface area contributed by atoms with Gasteiger partial charge < -0.3 is 9.64 Å². The van der Waals surface area contributed by atoms with Crippen molar-refractivity contribution < 1.29 is 22.1 Å². The fourth-order valence-electron chi connectivity index (χ4n) is 3.19. The predicted molar refractivity (Wildman–Crippen MR) is 98.8 cm³/mol. The molecular weight excluding hydrogens is 401 g/mol. The van der Waals surface area contributed by atoms with Gasteiger partial charge in [0.2, 0.25) is 5.91 Å². The number of rotatable bonds is 6. The van der Waals surface area contributed by atoms with Crippen LogP contribution in [0.3, 0.4) is 0 Å². The summed E-state index contributed by atoms with van der Waals surface area (Å²) in [7, 11) is -3.53. The Morgan fingerprint density at radius 1 is 1.31 bits per heavy atom. The number of nitrogens with zero attached hydrogens (tertiary/aromatic N) is 1. The smallest absolute Gasteiger partial charge is 0.264 e. The van der Waals surface area contributed by atoms with E-state index in [0.29, 0.717) is 29.6 Å². The van der Waals surface area contributed by atoms with Crippen LogP contribution in [0.15, 0.2) is 18.2 Å². The molecule has 1 heterocycles. The van der Waals surface area contributed by atoms with Gasteiger partial charge in [0.1, 0.15) is 0 Å². The topological polar surface area (TPSA) is 72.9 Å². The number of morpholine rings is 1. The van der Waals surface area contributed by atoms with Crippen molar-refractivity contribution in [2.75, 3.05) is 26.0 Å². The molecule has 26 heavy (non-hydrogen) atoms. The maximum atomic E-state index is 12.8. The van der Waals surface area contributed by atoms with Gasteiger partial charge in [0.25, 0.3) is 10.1 Å². The van der Waals surface area contributed by atoms with Crippen molar-refractivity contribution in [3.05, 3.63) is 33.8 Å². The number of hydrogen-bond donors (Lipinski definition) is 0. The minimum atomic E-state index is -3.53. The second-order valence-electron chi connectivity index (χ2n) is 6.65. The van der Waals surface area contributed by atoms with E-state index in [-0.39, 0.29) is 30.6 Å². The summed E-state index contributed by atoms with van der Waals surface area (Å²) in [5, 5.41) is 0.837. The molecule has 0 spiro atoms. The zero-order valence-electron chi connectivity index (χ0n) is 14.4. The summed E-state index contributed by atoms with van der Waals surface area (Å²) in [6.45, 7) is 0.885. The van der Waals surface area contributed by atoms with Crippen LogP contribution in [-0.4, -0.2) is 51.3 Å². The number of amides is 1. The molecule has 2 aliphatic rings. The Hall–Kier alpha value is -0.860. The molecule has 1 saturated heterocycles. The Bertz CT molecular complexity index is 781. The van der Waals surface area contributed by atoms with Gasteiger partial charge in [0, 0.05) is 18.9 Å². The van der Waals surface area contributed by atoms with Crippen molar-refractivity contribution >= 4 is 39.2 Å². The van der Waals surface area contributed by atoms with Gasteiger partial charge in [-0.1, -0.05) is 29.3 Å². The van der Waals surface area contributed by atoms with Crippen molar-refractivity contribution in [2.24, 2.45) is 5.92 Å². The highest BCUT2D eigenvalue weighted by Gasteiger charge is 2.41. The third kappa shape index (κ3) is 4.89. The molecule has 0 N–H and O–H groups in total. The standard InChI is InChI=1S/C17H21Cl2NO5S/c1-26(22,23)25-8-6-15-16(12-4-5-13(18)14(19)10-12)20(7-9-24-15)17(21)11-2-3-11/h4-5,10-11,15-16H,2-3,6-9H2,1H3/t15-,16?/m1/s1. The van der Waals surface area contributed by atoms with Crippen molar-refractivity contribution in [1.29, 1.82) is 0 Å². The summed E-state index contributed by atoms with van der Waals surface area (Å²) < 4.78 is 33.2. The maximum absolute atomic E-state index is 12.8. The Kier molecular flexibility index (Phi) is 6.14. The number of carbonyl (C=O) groups excluding carboxylic acids is 1. The zero-order valence-corrected chi connectivity index (χ0v) is 16.7. The van der Waals surface area contributed by atoms with Crippen LogP contribution in [0.2, 0.25) is 10.0 Å². The maximum Gasteiger partial charge on any atom is 0.264 e. The van der Waals surface area contributed by atoms with Gasteiger partial charge in [-0.25, -0.2) is 0 Å². The second kappa shape index (κ2) is 8.02. The lowest BCUT2D eigenvalue weighted by atomic mass is 9.95. The average molecular weight is 422 g/mol. The molecule has 6 nitrogen and oxygen atoms in total. The van der Waals surface area contributed by atoms with Crippen LogP contribution in [0.25, 0.3) is 0 Å². The molecule has 3 rings (SSSR count). The molecule has 0 aromatic heterocycles. The molecule has 2 fully saturated rings. The minimum absolute atomic E-state index is 0.00716. The van der Waals surface area contributed by atoms with Crippen LogP contribution < -0.4 is 0 Å². The molecule has 1 aliphatic carbocycles. The van der Waals surface area contributed by atoms with Gasteiger partial charge in [-0.05, 0) is 30.5 Å². The third-order valence-corrected chi connectivity index (χ3v) is 5.88. The first-order valence-electron chi connectivity index (χ1n) is 8.47. The molecule has 144 valence electrons. The quantitative estimate of drug-likeness (QED) is 0.659. The van der Waals surface area contributed by atoms with Crippen LogP contribution in [0.1, 0.15) is 30.9 Å². The van der Waals surface area contributed by atoms with Crippen molar-refractivity contribution in [2.45, 2.75) is 31.4 Å². The Balaban J connectivity index is 1.85. The van der Waals surface area contributed by atoms with Crippen LogP contribution in [0, 0.1) is 5.92 Å². The summed E-state index contributed by atoms with van der Waals surface area (Å²) in [6, 6.07) is 4.90. The first-order valence-corrected chi connectivity index (χ1v) is 11.0. The predicted octanol–water partition coefficient (Wildman–Crippen LogP) is 3.04. The molecular formula is C17H21Cl2NO5S. The van der Waals surface area contributed by atoms with Crippen LogP contribution >= 0.6 is 23.2 Å². The van der Waals surface area contributed by atoms with E-state index in [1.807, 2.05) is 11.0 Å². The van der Waals surface area contributed by atoms with Crippen molar-refractivity contribution in [1.82, 2.24) is 4.90 Å². The van der Waals surface area contributed by atoms with E-state index >= 15 is 0 Å². The van der Waals surface area contributed by atoms with E-state index in [4.69, 9.17) is 32.1 Å². The normalized spacial score (nSPS) is 23.9. The van der Waals surface area contributed by atoms with Gasteiger partial charge in [-0.15, -0.1) is 0 Å². The van der Waals surface area contributed by atoms with Crippen molar-refractivity contribution in [3.8, 4) is 0 Å². The van der Waals surface area contributed by atoms with Gasteiger partial charge in [0.15, 0.2) is 0 Å². The number of hydrogen-bond acceptors (Lipinski definition) is 5. The Labute approximate surface area is 163 Å². The van der Waals surface area contributed by atoms with E-state index in [1.54, 1.807) is 12.1 Å². The number of halogens is 2. The first kappa shape index (κ1) is 19.9. The van der Waals surface area contributed by atoms with E-state index in [1.165, 1.54) is 0 Å². The highest BCUT2D eigenvalue weighted by atomic mass is 35.5. The lowest BCUT2D eigenvalue weighted by Crippen LogP contribution is -2.49. The molecule has 0 radical (unpaired) electrons. The number of ether oxygens (including phenoxy) is 1. The summed E-state index contributed by atoms with van der Waals surface area (Å²) in [5.41, 5.74) is 0.817. The minimum Gasteiger partial charge on any atom is -0.374 e. The molecule has 1 saturated carbocycles. The van der Waals surface area contributed by atoms with E-state index in [0.717, 1.165) is 24.7 Å². The van der Waals surface area contributed by atoms with Crippen LogP contribution in [0.4, 0.5) is 0 Å². The van der Waals surface area contributed by atoms with E-state index < -0.39 is 10.1 Å². The summed E-state index contributed by atoms with van der Waals surface area (Å²) in [4.78, 5) is 14.6. The molecule has 2 atom stereocenters. The lowest BCUT2D eigenvalue weighted by molar-refractivity contribution is -0.149. The first-order chi connectivity index (χ1) is 12.3. The van der Waals surface area contributed by atoms with Gasteiger partial charge >= 0.3 is 0 Å². The van der Waals surface area contributed by atoms with E-state index in [9.17, 15) is 13.2 Å². The van der Waals surface area contributed by atoms with Gasteiger partial charge in [0.05, 0.1) is 41.7 Å². The molecule has 1 unspecified atom stereocenters. The molecule has 1 amide bonds. The highest BCUT2D eigenvalue weighted by Crippen LogP contribution is 2.39.